The lowest BCUT2D eigenvalue weighted by molar-refractivity contribution is 0.354. The molecular weight excluding hydrogens is 388 g/mol. The molecule has 0 spiro atoms. The topological polar surface area (TPSA) is 56.8 Å². The maximum atomic E-state index is 6.11. The molecule has 24 heavy (non-hydrogen) atoms. The number of amidine groups is 1. The van der Waals surface area contributed by atoms with Gasteiger partial charge in [0.2, 0.25) is 0 Å². The van der Waals surface area contributed by atoms with Crippen molar-refractivity contribution < 1.29 is 9.47 Å². The third-order valence-electron chi connectivity index (χ3n) is 3.59. The SMILES string of the molecule is COc1cc(Br)c(CSC(N)=Nc2c(C)cccc2C)cc1OC. The van der Waals surface area contributed by atoms with Crippen molar-refractivity contribution in [3.8, 4) is 11.5 Å². The smallest absolute Gasteiger partial charge is 0.161 e. The lowest BCUT2D eigenvalue weighted by Gasteiger charge is -2.12. The van der Waals surface area contributed by atoms with Crippen LogP contribution in [-0.4, -0.2) is 19.4 Å². The molecule has 0 saturated heterocycles. The van der Waals surface area contributed by atoms with Gasteiger partial charge >= 0.3 is 0 Å². The number of nitrogens with two attached hydrogens (primary N) is 1. The Labute approximate surface area is 155 Å². The van der Waals surface area contributed by atoms with Gasteiger partial charge in [0.15, 0.2) is 16.7 Å². The molecule has 0 bridgehead atoms. The second-order valence-electron chi connectivity index (χ2n) is 5.28. The van der Waals surface area contributed by atoms with Crippen LogP contribution >= 0.6 is 27.7 Å². The van der Waals surface area contributed by atoms with Gasteiger partial charge in [-0.1, -0.05) is 45.9 Å². The van der Waals surface area contributed by atoms with Gasteiger partial charge in [0.25, 0.3) is 0 Å². The minimum atomic E-state index is 0.536. The van der Waals surface area contributed by atoms with E-state index in [-0.39, 0.29) is 0 Å². The van der Waals surface area contributed by atoms with E-state index in [0.717, 1.165) is 26.9 Å². The van der Waals surface area contributed by atoms with Gasteiger partial charge in [-0.05, 0) is 42.7 Å². The number of para-hydroxylation sites is 1. The van der Waals surface area contributed by atoms with Crippen LogP contribution in [0.3, 0.4) is 0 Å². The number of benzene rings is 2. The summed E-state index contributed by atoms with van der Waals surface area (Å²) in [5.74, 6) is 2.07. The molecule has 0 aliphatic heterocycles. The number of hydrogen-bond donors (Lipinski definition) is 1. The van der Waals surface area contributed by atoms with Crippen LogP contribution in [0.1, 0.15) is 16.7 Å². The molecule has 0 aliphatic rings. The number of aryl methyl sites for hydroxylation is 2. The Morgan fingerprint density at radius 1 is 1.12 bits per heavy atom. The van der Waals surface area contributed by atoms with Crippen molar-refractivity contribution in [2.45, 2.75) is 19.6 Å². The van der Waals surface area contributed by atoms with E-state index in [1.165, 1.54) is 11.8 Å². The van der Waals surface area contributed by atoms with E-state index >= 15 is 0 Å². The second-order valence-corrected chi connectivity index (χ2v) is 7.13. The summed E-state index contributed by atoms with van der Waals surface area (Å²) >= 11 is 5.05. The van der Waals surface area contributed by atoms with Gasteiger partial charge in [-0.25, -0.2) is 4.99 Å². The normalized spacial score (nSPS) is 11.5. The van der Waals surface area contributed by atoms with E-state index in [2.05, 4.69) is 20.9 Å². The fourth-order valence-corrected chi connectivity index (χ4v) is 3.63. The third-order valence-corrected chi connectivity index (χ3v) is 5.17. The van der Waals surface area contributed by atoms with E-state index < -0.39 is 0 Å². The average molecular weight is 409 g/mol. The first-order valence-electron chi connectivity index (χ1n) is 7.39. The van der Waals surface area contributed by atoms with Gasteiger partial charge < -0.3 is 15.2 Å². The summed E-state index contributed by atoms with van der Waals surface area (Å²) in [6.07, 6.45) is 0. The van der Waals surface area contributed by atoms with Crippen molar-refractivity contribution in [2.75, 3.05) is 14.2 Å². The highest BCUT2D eigenvalue weighted by molar-refractivity contribution is 9.10. The van der Waals surface area contributed by atoms with Gasteiger partial charge in [0.1, 0.15) is 0 Å². The molecule has 0 fully saturated rings. The minimum absolute atomic E-state index is 0.536. The Morgan fingerprint density at radius 2 is 1.71 bits per heavy atom. The molecular formula is C18H21BrN2O2S. The molecule has 0 aliphatic carbocycles. The number of nitrogens with zero attached hydrogens (tertiary/aromatic N) is 1. The highest BCUT2D eigenvalue weighted by atomic mass is 79.9. The Kier molecular flexibility index (Phi) is 6.57. The summed E-state index contributed by atoms with van der Waals surface area (Å²) in [4.78, 5) is 4.57. The summed E-state index contributed by atoms with van der Waals surface area (Å²) in [6.45, 7) is 4.07. The predicted octanol–water partition coefficient (Wildman–Crippen LogP) is 4.96. The molecule has 4 nitrogen and oxygen atoms in total. The lowest BCUT2D eigenvalue weighted by atomic mass is 10.1. The fraction of sp³-hybridized carbons (Fsp3) is 0.278. The molecule has 0 amide bonds. The zero-order valence-corrected chi connectivity index (χ0v) is 16.6. The van der Waals surface area contributed by atoms with E-state index in [1.807, 2.05) is 44.2 Å². The molecule has 0 atom stereocenters. The first-order chi connectivity index (χ1) is 11.5. The number of hydrogen-bond acceptors (Lipinski definition) is 4. The highest BCUT2D eigenvalue weighted by Crippen LogP contribution is 2.35. The van der Waals surface area contributed by atoms with Crippen molar-refractivity contribution in [3.63, 3.8) is 0 Å². The number of halogens is 1. The minimum Gasteiger partial charge on any atom is -0.493 e. The number of thioether (sulfide) groups is 1. The molecule has 128 valence electrons. The molecule has 0 unspecified atom stereocenters. The number of rotatable bonds is 5. The van der Waals surface area contributed by atoms with E-state index in [4.69, 9.17) is 15.2 Å². The maximum Gasteiger partial charge on any atom is 0.161 e. The number of aliphatic imine (C=N–C) groups is 1. The molecule has 2 rings (SSSR count). The zero-order valence-electron chi connectivity index (χ0n) is 14.2. The van der Waals surface area contributed by atoms with Crippen LogP contribution in [0.25, 0.3) is 0 Å². The fourth-order valence-electron chi connectivity index (χ4n) is 2.28. The highest BCUT2D eigenvalue weighted by Gasteiger charge is 2.10. The Balaban J connectivity index is 2.17. The summed E-state index contributed by atoms with van der Waals surface area (Å²) in [5, 5.41) is 0.536. The molecule has 6 heteroatoms. The number of ether oxygens (including phenoxy) is 2. The summed E-state index contributed by atoms with van der Waals surface area (Å²) < 4.78 is 11.6. The van der Waals surface area contributed by atoms with Crippen LogP contribution in [0.2, 0.25) is 0 Å². The first-order valence-corrected chi connectivity index (χ1v) is 9.17. The summed E-state index contributed by atoms with van der Waals surface area (Å²) in [5.41, 5.74) is 10.3. The Bertz CT molecular complexity index is 743. The number of methoxy groups -OCH3 is 2. The summed E-state index contributed by atoms with van der Waals surface area (Å²) in [7, 11) is 3.24. The summed E-state index contributed by atoms with van der Waals surface area (Å²) in [6, 6.07) is 9.94. The standard InChI is InChI=1S/C18H21BrN2O2S/c1-11-6-5-7-12(2)17(11)21-18(20)24-10-13-8-15(22-3)16(23-4)9-14(13)19/h5-9H,10H2,1-4H3,(H2,20,21). The molecule has 2 aromatic rings. The van der Waals surface area contributed by atoms with Crippen LogP contribution in [0.4, 0.5) is 5.69 Å². The third kappa shape index (κ3) is 4.45. The maximum absolute atomic E-state index is 6.11. The zero-order chi connectivity index (χ0) is 17.7. The predicted molar refractivity (Wildman–Crippen MR) is 106 cm³/mol. The average Bonchev–Trinajstić information content (AvgIpc) is 2.56. The molecule has 2 N–H and O–H groups in total. The van der Waals surface area contributed by atoms with Gasteiger partial charge in [0.05, 0.1) is 19.9 Å². The van der Waals surface area contributed by atoms with Gasteiger partial charge in [-0.2, -0.15) is 0 Å². The van der Waals surface area contributed by atoms with E-state index in [1.54, 1.807) is 14.2 Å². The van der Waals surface area contributed by atoms with Crippen LogP contribution in [0, 0.1) is 13.8 Å². The van der Waals surface area contributed by atoms with Crippen LogP contribution in [0.15, 0.2) is 39.8 Å². The monoisotopic (exact) mass is 408 g/mol. The van der Waals surface area contributed by atoms with Crippen LogP contribution in [0.5, 0.6) is 11.5 Å². The van der Waals surface area contributed by atoms with E-state index in [0.29, 0.717) is 22.4 Å². The first kappa shape index (κ1) is 18.7. The van der Waals surface area contributed by atoms with Crippen molar-refractivity contribution in [1.82, 2.24) is 0 Å². The van der Waals surface area contributed by atoms with Gasteiger partial charge in [-0.3, -0.25) is 0 Å². The molecule has 2 aromatic carbocycles. The van der Waals surface area contributed by atoms with Gasteiger partial charge in [0, 0.05) is 10.2 Å². The second kappa shape index (κ2) is 8.44. The Hall–Kier alpha value is -1.66. The van der Waals surface area contributed by atoms with Gasteiger partial charge in [-0.15, -0.1) is 0 Å². The van der Waals surface area contributed by atoms with Crippen molar-refractivity contribution in [3.05, 3.63) is 51.5 Å². The largest absolute Gasteiger partial charge is 0.493 e. The van der Waals surface area contributed by atoms with E-state index in [9.17, 15) is 0 Å². The lowest BCUT2D eigenvalue weighted by Crippen LogP contribution is -2.07. The van der Waals surface area contributed by atoms with Crippen molar-refractivity contribution in [1.29, 1.82) is 0 Å². The molecule has 0 aromatic heterocycles. The Morgan fingerprint density at radius 3 is 2.29 bits per heavy atom. The van der Waals surface area contributed by atoms with Crippen LogP contribution in [-0.2, 0) is 5.75 Å². The molecule has 0 radical (unpaired) electrons. The van der Waals surface area contributed by atoms with Crippen molar-refractivity contribution >= 4 is 38.5 Å². The van der Waals surface area contributed by atoms with Crippen molar-refractivity contribution in [2.24, 2.45) is 10.7 Å². The molecule has 0 heterocycles. The molecule has 0 saturated carbocycles. The quantitative estimate of drug-likeness (QED) is 0.560. The van der Waals surface area contributed by atoms with Crippen LogP contribution < -0.4 is 15.2 Å².